The Morgan fingerprint density at radius 1 is 1.31 bits per heavy atom. The highest BCUT2D eigenvalue weighted by atomic mass is 79.9. The highest BCUT2D eigenvalue weighted by Gasteiger charge is 2.30. The smallest absolute Gasteiger partial charge is 0.261 e. The number of halogens is 1. The predicted molar refractivity (Wildman–Crippen MR) is 111 cm³/mol. The van der Waals surface area contributed by atoms with E-state index in [0.717, 1.165) is 48.3 Å². The average molecular weight is 421 g/mol. The van der Waals surface area contributed by atoms with E-state index in [9.17, 15) is 4.79 Å². The van der Waals surface area contributed by atoms with Gasteiger partial charge in [0, 0.05) is 36.7 Å². The summed E-state index contributed by atoms with van der Waals surface area (Å²) < 4.78 is 2.79. The second-order valence-electron chi connectivity index (χ2n) is 7.31. The van der Waals surface area contributed by atoms with Gasteiger partial charge in [-0.1, -0.05) is 29.3 Å². The topological polar surface area (TPSA) is 41.4 Å². The third-order valence-corrected chi connectivity index (χ3v) is 6.05. The zero-order valence-corrected chi connectivity index (χ0v) is 17.8. The van der Waals surface area contributed by atoms with Gasteiger partial charge in [-0.05, 0) is 45.5 Å². The fourth-order valence-corrected chi connectivity index (χ4v) is 4.24. The van der Waals surface area contributed by atoms with E-state index in [0.29, 0.717) is 18.0 Å². The van der Waals surface area contributed by atoms with E-state index in [1.165, 1.54) is 0 Å². The van der Waals surface area contributed by atoms with Crippen molar-refractivity contribution in [3.05, 3.63) is 38.9 Å². The Balaban J connectivity index is 2.10. The van der Waals surface area contributed by atoms with E-state index in [4.69, 9.17) is 4.98 Å². The van der Waals surface area contributed by atoms with Gasteiger partial charge in [0.15, 0.2) is 0 Å². The molecule has 1 saturated heterocycles. The molecule has 0 amide bonds. The predicted octanol–water partition coefficient (Wildman–Crippen LogP) is 3.66. The first-order chi connectivity index (χ1) is 12.5. The average Bonchev–Trinajstić information content (AvgIpc) is 2.62. The molecule has 26 heavy (non-hydrogen) atoms. The Hall–Kier alpha value is -1.24. The second kappa shape index (κ2) is 8.19. The third-order valence-electron chi connectivity index (χ3n) is 5.55. The van der Waals surface area contributed by atoms with Crippen LogP contribution in [0, 0.1) is 0 Å². The first-order valence-corrected chi connectivity index (χ1v) is 10.4. The molecule has 1 aromatic carbocycles. The molecule has 1 aliphatic rings. The number of likely N-dealkylation sites (N-methyl/N-ethyl adjacent to an activating group) is 1. The van der Waals surface area contributed by atoms with Crippen molar-refractivity contribution in [2.45, 2.75) is 52.2 Å². The largest absolute Gasteiger partial charge is 0.301 e. The Labute approximate surface area is 164 Å². The maximum atomic E-state index is 13.1. The van der Waals surface area contributed by atoms with Gasteiger partial charge in [0.05, 0.1) is 16.9 Å². The number of nitrogens with zero attached hydrogens (tertiary/aromatic N) is 4. The van der Waals surface area contributed by atoms with Gasteiger partial charge < -0.3 is 4.90 Å². The van der Waals surface area contributed by atoms with Gasteiger partial charge in [-0.25, -0.2) is 4.98 Å². The summed E-state index contributed by atoms with van der Waals surface area (Å²) >= 11 is 3.47. The molecule has 3 rings (SSSR count). The Morgan fingerprint density at radius 2 is 2.08 bits per heavy atom. The minimum absolute atomic E-state index is 0.0667. The number of piperazine rings is 1. The quantitative estimate of drug-likeness (QED) is 0.739. The van der Waals surface area contributed by atoms with Crippen LogP contribution in [0.1, 0.15) is 45.5 Å². The summed E-state index contributed by atoms with van der Waals surface area (Å²) in [7, 11) is 2.19. The fourth-order valence-electron chi connectivity index (χ4n) is 3.88. The summed E-state index contributed by atoms with van der Waals surface area (Å²) in [6, 6.07) is 6.49. The van der Waals surface area contributed by atoms with Gasteiger partial charge in [0.2, 0.25) is 0 Å². The first-order valence-electron chi connectivity index (χ1n) is 9.60. The molecule has 1 aliphatic heterocycles. The molecule has 0 N–H and O–H groups in total. The van der Waals surface area contributed by atoms with Gasteiger partial charge in [0.25, 0.3) is 5.56 Å². The fraction of sp³-hybridized carbons (Fsp3) is 0.600. The van der Waals surface area contributed by atoms with Crippen LogP contribution < -0.4 is 5.56 Å². The van der Waals surface area contributed by atoms with Crippen LogP contribution in [0.4, 0.5) is 0 Å². The molecule has 2 atom stereocenters. The molecule has 0 radical (unpaired) electrons. The molecular weight excluding hydrogens is 392 g/mol. The normalized spacial score (nSPS) is 20.6. The lowest BCUT2D eigenvalue weighted by molar-refractivity contribution is 0.0631. The van der Waals surface area contributed by atoms with E-state index < -0.39 is 0 Å². The van der Waals surface area contributed by atoms with E-state index in [1.807, 2.05) is 29.7 Å². The molecular formula is C20H29BrN4O. The van der Waals surface area contributed by atoms with E-state index in [1.54, 1.807) is 0 Å². The SMILES string of the molecule is CCCC(c1nc2ccc(Br)cc2c(=O)n1CC)N1CCN(C)[C@H](C)C1. The Kier molecular flexibility index (Phi) is 6.15. The number of hydrogen-bond acceptors (Lipinski definition) is 4. The third kappa shape index (κ3) is 3.73. The molecule has 1 aromatic heterocycles. The summed E-state index contributed by atoms with van der Waals surface area (Å²) in [6.45, 7) is 10.2. The van der Waals surface area contributed by atoms with Crippen molar-refractivity contribution >= 4 is 26.8 Å². The van der Waals surface area contributed by atoms with Crippen molar-refractivity contribution in [3.63, 3.8) is 0 Å². The summed E-state index contributed by atoms with van der Waals surface area (Å²) in [5.74, 6) is 0.922. The lowest BCUT2D eigenvalue weighted by atomic mass is 10.1. The van der Waals surface area contributed by atoms with Crippen molar-refractivity contribution in [2.75, 3.05) is 26.7 Å². The number of aromatic nitrogens is 2. The Bertz CT molecular complexity index is 834. The zero-order valence-electron chi connectivity index (χ0n) is 16.2. The molecule has 2 aromatic rings. The van der Waals surface area contributed by atoms with Crippen molar-refractivity contribution in [1.29, 1.82) is 0 Å². The van der Waals surface area contributed by atoms with Gasteiger partial charge in [-0.2, -0.15) is 0 Å². The molecule has 0 bridgehead atoms. The summed E-state index contributed by atoms with van der Waals surface area (Å²) in [5, 5.41) is 0.687. The molecule has 1 unspecified atom stereocenters. The second-order valence-corrected chi connectivity index (χ2v) is 8.23. The van der Waals surface area contributed by atoms with Crippen LogP contribution in [0.5, 0.6) is 0 Å². The number of rotatable bonds is 5. The van der Waals surface area contributed by atoms with Gasteiger partial charge >= 0.3 is 0 Å². The monoisotopic (exact) mass is 420 g/mol. The minimum atomic E-state index is 0.0667. The Morgan fingerprint density at radius 3 is 2.73 bits per heavy atom. The van der Waals surface area contributed by atoms with E-state index in [-0.39, 0.29) is 11.6 Å². The first kappa shape index (κ1) is 19.5. The molecule has 5 nitrogen and oxygen atoms in total. The van der Waals surface area contributed by atoms with Crippen LogP contribution in [-0.4, -0.2) is 52.1 Å². The van der Waals surface area contributed by atoms with Crippen LogP contribution in [0.15, 0.2) is 27.5 Å². The molecule has 1 fully saturated rings. The van der Waals surface area contributed by atoms with Gasteiger partial charge in [-0.3, -0.25) is 14.3 Å². The molecule has 142 valence electrons. The van der Waals surface area contributed by atoms with Crippen molar-refractivity contribution in [3.8, 4) is 0 Å². The highest BCUT2D eigenvalue weighted by Crippen LogP contribution is 2.28. The molecule has 0 saturated carbocycles. The highest BCUT2D eigenvalue weighted by molar-refractivity contribution is 9.10. The summed E-state index contributed by atoms with van der Waals surface area (Å²) in [6.07, 6.45) is 2.09. The van der Waals surface area contributed by atoms with Gasteiger partial charge in [-0.15, -0.1) is 0 Å². The maximum absolute atomic E-state index is 13.1. The molecule has 0 spiro atoms. The molecule has 0 aliphatic carbocycles. The molecule has 2 heterocycles. The maximum Gasteiger partial charge on any atom is 0.261 e. The lowest BCUT2D eigenvalue weighted by Crippen LogP contribution is -2.51. The molecule has 6 heteroatoms. The van der Waals surface area contributed by atoms with Crippen molar-refractivity contribution in [1.82, 2.24) is 19.4 Å². The van der Waals surface area contributed by atoms with Crippen LogP contribution in [-0.2, 0) is 6.54 Å². The van der Waals surface area contributed by atoms with Crippen molar-refractivity contribution < 1.29 is 0 Å². The lowest BCUT2D eigenvalue weighted by Gasteiger charge is -2.42. The summed E-state index contributed by atoms with van der Waals surface area (Å²) in [5.41, 5.74) is 0.859. The van der Waals surface area contributed by atoms with Crippen molar-refractivity contribution in [2.24, 2.45) is 0 Å². The summed E-state index contributed by atoms with van der Waals surface area (Å²) in [4.78, 5) is 23.0. The van der Waals surface area contributed by atoms with E-state index in [2.05, 4.69) is 46.6 Å². The zero-order chi connectivity index (χ0) is 18.8. The number of hydrogen-bond donors (Lipinski definition) is 0. The van der Waals surface area contributed by atoms with Crippen LogP contribution >= 0.6 is 15.9 Å². The van der Waals surface area contributed by atoms with Gasteiger partial charge in [0.1, 0.15) is 5.82 Å². The standard InChI is InChI=1S/C20H29BrN4O/c1-5-7-18(24-11-10-23(4)14(3)13-24)19-22-17-9-8-15(21)12-16(17)20(26)25(19)6-2/h8-9,12,14,18H,5-7,10-11,13H2,1-4H3/t14-,18?/m1/s1. The number of benzene rings is 1. The van der Waals surface area contributed by atoms with E-state index >= 15 is 0 Å². The minimum Gasteiger partial charge on any atom is -0.301 e. The van der Waals surface area contributed by atoms with Crippen LogP contribution in [0.3, 0.4) is 0 Å². The number of fused-ring (bicyclic) bond motifs is 1. The van der Waals surface area contributed by atoms with Crippen LogP contribution in [0.25, 0.3) is 10.9 Å². The van der Waals surface area contributed by atoms with Crippen LogP contribution in [0.2, 0.25) is 0 Å².